The average Bonchev–Trinajstić information content (AvgIpc) is 2.72. The van der Waals surface area contributed by atoms with E-state index in [9.17, 15) is 4.79 Å². The van der Waals surface area contributed by atoms with Crippen LogP contribution >= 0.6 is 0 Å². The van der Waals surface area contributed by atoms with E-state index < -0.39 is 0 Å². The van der Waals surface area contributed by atoms with Crippen LogP contribution in [-0.2, 0) is 11.2 Å². The molecule has 0 spiro atoms. The molecule has 0 heterocycles. The third-order valence-corrected chi connectivity index (χ3v) is 4.21. The first-order valence-corrected chi connectivity index (χ1v) is 8.80. The second-order valence-corrected chi connectivity index (χ2v) is 5.99. The van der Waals surface area contributed by atoms with Crippen molar-refractivity contribution < 1.29 is 14.3 Å². The van der Waals surface area contributed by atoms with Crippen molar-refractivity contribution in [2.24, 2.45) is 5.10 Å². The summed E-state index contributed by atoms with van der Waals surface area (Å²) in [4.78, 5) is 12.0. The summed E-state index contributed by atoms with van der Waals surface area (Å²) in [6.45, 7) is 1.97. The zero-order valence-electron chi connectivity index (χ0n) is 15.4. The predicted molar refractivity (Wildman–Crippen MR) is 108 cm³/mol. The summed E-state index contributed by atoms with van der Waals surface area (Å²) in [6, 6.07) is 19.5. The molecule has 1 N–H and O–H groups in total. The van der Waals surface area contributed by atoms with Crippen LogP contribution in [0.3, 0.4) is 0 Å². The lowest BCUT2D eigenvalue weighted by atomic mass is 10.0. The number of ether oxygens (including phenoxy) is 2. The van der Waals surface area contributed by atoms with Crippen molar-refractivity contribution in [1.29, 1.82) is 0 Å². The topological polar surface area (TPSA) is 59.9 Å². The quantitative estimate of drug-likeness (QED) is 0.512. The Labute approximate surface area is 158 Å². The van der Waals surface area contributed by atoms with E-state index in [2.05, 4.69) is 17.5 Å². The van der Waals surface area contributed by atoms with Gasteiger partial charge in [-0.15, -0.1) is 0 Å². The van der Waals surface area contributed by atoms with Crippen molar-refractivity contribution in [2.75, 3.05) is 13.7 Å². The van der Waals surface area contributed by atoms with Crippen LogP contribution in [0.15, 0.2) is 65.8 Å². The lowest BCUT2D eigenvalue weighted by molar-refractivity contribution is -0.123. The second kappa shape index (κ2) is 8.85. The number of fused-ring (bicyclic) bond motifs is 1. The molecule has 0 bridgehead atoms. The monoisotopic (exact) mass is 362 g/mol. The number of rotatable bonds is 7. The highest BCUT2D eigenvalue weighted by Gasteiger charge is 2.07. The minimum atomic E-state index is -0.327. The molecule has 0 aliphatic carbocycles. The van der Waals surface area contributed by atoms with Crippen molar-refractivity contribution in [3.8, 4) is 11.5 Å². The van der Waals surface area contributed by atoms with Gasteiger partial charge in [-0.1, -0.05) is 49.4 Å². The van der Waals surface area contributed by atoms with Gasteiger partial charge in [0.25, 0.3) is 5.91 Å². The maximum atomic E-state index is 12.0. The third kappa shape index (κ3) is 4.64. The van der Waals surface area contributed by atoms with Crippen LogP contribution in [0.2, 0.25) is 0 Å². The first-order valence-electron chi connectivity index (χ1n) is 8.80. The lowest BCUT2D eigenvalue weighted by Crippen LogP contribution is -2.24. The molecule has 0 aliphatic rings. The fourth-order valence-electron chi connectivity index (χ4n) is 2.79. The standard InChI is InChI=1S/C22H22N2O3/c1-3-16-7-6-9-18(13-16)27-15-22(25)24-23-14-20-19-10-5-4-8-17(19)11-12-21(20)26-2/h4-14H,3,15H2,1-2H3,(H,24,25). The van der Waals surface area contributed by atoms with E-state index in [1.165, 1.54) is 0 Å². The molecule has 1 amide bonds. The van der Waals surface area contributed by atoms with Crippen LogP contribution in [0.5, 0.6) is 11.5 Å². The Hall–Kier alpha value is -3.34. The normalized spacial score (nSPS) is 10.9. The number of carbonyl (C=O) groups is 1. The molecule has 3 rings (SSSR count). The van der Waals surface area contributed by atoms with Crippen LogP contribution in [0.4, 0.5) is 0 Å². The number of nitrogens with one attached hydrogen (secondary N) is 1. The zero-order valence-corrected chi connectivity index (χ0v) is 15.4. The Morgan fingerprint density at radius 2 is 1.96 bits per heavy atom. The molecule has 0 saturated carbocycles. The number of methoxy groups -OCH3 is 1. The molecule has 0 fully saturated rings. The molecule has 5 heteroatoms. The highest BCUT2D eigenvalue weighted by atomic mass is 16.5. The van der Waals surface area contributed by atoms with Crippen molar-refractivity contribution in [3.05, 3.63) is 71.8 Å². The van der Waals surface area contributed by atoms with Crippen molar-refractivity contribution in [3.63, 3.8) is 0 Å². The van der Waals surface area contributed by atoms with Gasteiger partial charge in [0.15, 0.2) is 6.61 Å². The molecule has 0 aromatic heterocycles. The Morgan fingerprint density at radius 3 is 2.78 bits per heavy atom. The van der Waals surface area contributed by atoms with Crippen LogP contribution in [0, 0.1) is 0 Å². The SMILES string of the molecule is CCc1cccc(OCC(=O)NN=Cc2c(OC)ccc3ccccc23)c1. The van der Waals surface area contributed by atoms with Gasteiger partial charge in [-0.2, -0.15) is 5.10 Å². The maximum absolute atomic E-state index is 12.0. The minimum absolute atomic E-state index is 0.100. The maximum Gasteiger partial charge on any atom is 0.277 e. The van der Waals surface area contributed by atoms with Gasteiger partial charge in [0.05, 0.1) is 13.3 Å². The molecule has 0 radical (unpaired) electrons. The number of carbonyl (C=O) groups excluding carboxylic acids is 1. The molecule has 5 nitrogen and oxygen atoms in total. The third-order valence-electron chi connectivity index (χ3n) is 4.21. The Morgan fingerprint density at radius 1 is 1.11 bits per heavy atom. The van der Waals surface area contributed by atoms with Gasteiger partial charge in [-0.3, -0.25) is 4.79 Å². The smallest absolute Gasteiger partial charge is 0.277 e. The number of hydrogen-bond acceptors (Lipinski definition) is 4. The Balaban J connectivity index is 1.65. The highest BCUT2D eigenvalue weighted by molar-refractivity contribution is 6.02. The predicted octanol–water partition coefficient (Wildman–Crippen LogP) is 3.94. The fraction of sp³-hybridized carbons (Fsp3) is 0.182. The van der Waals surface area contributed by atoms with Crippen LogP contribution < -0.4 is 14.9 Å². The number of amides is 1. The molecule has 3 aromatic carbocycles. The van der Waals surface area contributed by atoms with Crippen molar-refractivity contribution >= 4 is 22.9 Å². The van der Waals surface area contributed by atoms with Crippen molar-refractivity contribution in [1.82, 2.24) is 5.43 Å². The number of nitrogens with zero attached hydrogens (tertiary/aromatic N) is 1. The van der Waals surface area contributed by atoms with Gasteiger partial charge >= 0.3 is 0 Å². The van der Waals surface area contributed by atoms with Gasteiger partial charge in [-0.25, -0.2) is 5.43 Å². The first kappa shape index (κ1) is 18.5. The van der Waals surface area contributed by atoms with E-state index >= 15 is 0 Å². The number of benzene rings is 3. The van der Waals surface area contributed by atoms with E-state index in [0.29, 0.717) is 11.5 Å². The number of hydrogen-bond donors (Lipinski definition) is 1. The highest BCUT2D eigenvalue weighted by Crippen LogP contribution is 2.26. The van der Waals surface area contributed by atoms with Gasteiger partial charge in [0.1, 0.15) is 11.5 Å². The van der Waals surface area contributed by atoms with Gasteiger partial charge in [-0.05, 0) is 41.0 Å². The van der Waals surface area contributed by atoms with E-state index in [1.807, 2.05) is 60.7 Å². The largest absolute Gasteiger partial charge is 0.496 e. The summed E-state index contributed by atoms with van der Waals surface area (Å²) in [5.74, 6) is 1.04. The molecule has 0 aliphatic heterocycles. The van der Waals surface area contributed by atoms with Gasteiger partial charge in [0.2, 0.25) is 0 Å². The second-order valence-electron chi connectivity index (χ2n) is 5.99. The van der Waals surface area contributed by atoms with E-state index in [0.717, 1.165) is 28.3 Å². The molecular weight excluding hydrogens is 340 g/mol. The Kier molecular flexibility index (Phi) is 6.05. The summed E-state index contributed by atoms with van der Waals surface area (Å²) in [6.07, 6.45) is 2.51. The summed E-state index contributed by atoms with van der Waals surface area (Å²) in [7, 11) is 1.61. The molecule has 27 heavy (non-hydrogen) atoms. The molecule has 0 saturated heterocycles. The van der Waals surface area contributed by atoms with Crippen LogP contribution in [0.25, 0.3) is 10.8 Å². The summed E-state index contributed by atoms with van der Waals surface area (Å²) >= 11 is 0. The summed E-state index contributed by atoms with van der Waals surface area (Å²) in [5, 5.41) is 6.14. The van der Waals surface area contributed by atoms with E-state index in [4.69, 9.17) is 9.47 Å². The van der Waals surface area contributed by atoms with Crippen molar-refractivity contribution in [2.45, 2.75) is 13.3 Å². The number of aryl methyl sites for hydroxylation is 1. The average molecular weight is 362 g/mol. The van der Waals surface area contributed by atoms with E-state index in [-0.39, 0.29) is 12.5 Å². The first-order chi connectivity index (χ1) is 13.2. The fourth-order valence-corrected chi connectivity index (χ4v) is 2.79. The molecule has 138 valence electrons. The van der Waals surface area contributed by atoms with Gasteiger partial charge < -0.3 is 9.47 Å². The minimum Gasteiger partial charge on any atom is -0.496 e. The lowest BCUT2D eigenvalue weighted by Gasteiger charge is -2.09. The Bertz CT molecular complexity index is 967. The van der Waals surface area contributed by atoms with Crippen LogP contribution in [-0.4, -0.2) is 25.8 Å². The molecule has 0 unspecified atom stereocenters. The summed E-state index contributed by atoms with van der Waals surface area (Å²) < 4.78 is 10.9. The van der Waals surface area contributed by atoms with Crippen LogP contribution in [0.1, 0.15) is 18.1 Å². The number of hydrazone groups is 1. The van der Waals surface area contributed by atoms with E-state index in [1.54, 1.807) is 13.3 Å². The zero-order chi connectivity index (χ0) is 19.1. The molecule has 3 aromatic rings. The van der Waals surface area contributed by atoms with Gasteiger partial charge in [0, 0.05) is 5.56 Å². The summed E-state index contributed by atoms with van der Waals surface area (Å²) in [5.41, 5.74) is 4.47. The molecular formula is C22H22N2O3. The molecule has 0 atom stereocenters.